The SMILES string of the molecule is CCNC(=NCc1ccc(C(F)(F)F)cc1)NCC1(N2CCCCC2)CCN(C)CC1. The van der Waals surface area contributed by atoms with Crippen molar-refractivity contribution < 1.29 is 13.2 Å². The first-order valence-corrected chi connectivity index (χ1v) is 11.4. The largest absolute Gasteiger partial charge is 0.416 e. The molecule has 31 heavy (non-hydrogen) atoms. The minimum absolute atomic E-state index is 0.136. The van der Waals surface area contributed by atoms with Crippen molar-refractivity contribution in [2.45, 2.75) is 57.3 Å². The Kier molecular flexibility index (Phi) is 8.22. The normalized spacial score (nSPS) is 21.1. The molecule has 0 amide bonds. The van der Waals surface area contributed by atoms with Crippen molar-refractivity contribution in [1.82, 2.24) is 20.4 Å². The molecule has 2 aliphatic rings. The van der Waals surface area contributed by atoms with Crippen LogP contribution in [0.1, 0.15) is 50.2 Å². The predicted molar refractivity (Wildman–Crippen MR) is 119 cm³/mol. The Hall–Kier alpha value is -1.80. The first-order chi connectivity index (χ1) is 14.8. The summed E-state index contributed by atoms with van der Waals surface area (Å²) in [5.41, 5.74) is 0.267. The molecule has 0 unspecified atom stereocenters. The fraction of sp³-hybridized carbons (Fsp3) is 0.696. The van der Waals surface area contributed by atoms with Crippen molar-refractivity contribution in [2.24, 2.45) is 4.99 Å². The highest BCUT2D eigenvalue weighted by atomic mass is 19.4. The van der Waals surface area contributed by atoms with E-state index >= 15 is 0 Å². The molecule has 174 valence electrons. The van der Waals surface area contributed by atoms with Crippen LogP contribution in [0.3, 0.4) is 0 Å². The Labute approximate surface area is 184 Å². The molecule has 8 heteroatoms. The number of likely N-dealkylation sites (tertiary alicyclic amines) is 2. The molecule has 0 radical (unpaired) electrons. The number of hydrogen-bond donors (Lipinski definition) is 2. The summed E-state index contributed by atoms with van der Waals surface area (Å²) in [4.78, 5) is 9.71. The summed E-state index contributed by atoms with van der Waals surface area (Å²) in [6.07, 6.45) is 1.80. The van der Waals surface area contributed by atoms with Crippen LogP contribution in [-0.4, -0.2) is 67.6 Å². The van der Waals surface area contributed by atoms with E-state index in [2.05, 4.69) is 32.5 Å². The highest BCUT2D eigenvalue weighted by molar-refractivity contribution is 5.79. The molecule has 2 aliphatic heterocycles. The van der Waals surface area contributed by atoms with Crippen molar-refractivity contribution >= 4 is 5.96 Å². The second kappa shape index (κ2) is 10.7. The van der Waals surface area contributed by atoms with E-state index in [-0.39, 0.29) is 5.54 Å². The maximum absolute atomic E-state index is 12.8. The molecule has 5 nitrogen and oxygen atoms in total. The van der Waals surface area contributed by atoms with Crippen LogP contribution < -0.4 is 10.6 Å². The van der Waals surface area contributed by atoms with Crippen molar-refractivity contribution in [3.05, 3.63) is 35.4 Å². The van der Waals surface area contributed by atoms with E-state index in [9.17, 15) is 13.2 Å². The zero-order valence-electron chi connectivity index (χ0n) is 18.8. The number of rotatable bonds is 6. The monoisotopic (exact) mass is 439 g/mol. The summed E-state index contributed by atoms with van der Waals surface area (Å²) in [5, 5.41) is 6.83. The third-order valence-electron chi connectivity index (χ3n) is 6.57. The molecule has 2 fully saturated rings. The number of nitrogens with zero attached hydrogens (tertiary/aromatic N) is 3. The molecule has 2 heterocycles. The van der Waals surface area contributed by atoms with Crippen LogP contribution in [0.2, 0.25) is 0 Å². The Morgan fingerprint density at radius 2 is 1.65 bits per heavy atom. The van der Waals surface area contributed by atoms with Gasteiger partial charge >= 0.3 is 6.18 Å². The molecule has 0 aromatic heterocycles. The Morgan fingerprint density at radius 3 is 2.23 bits per heavy atom. The smallest absolute Gasteiger partial charge is 0.357 e. The molecule has 0 atom stereocenters. The topological polar surface area (TPSA) is 42.9 Å². The number of nitrogens with one attached hydrogen (secondary N) is 2. The molecule has 2 N–H and O–H groups in total. The van der Waals surface area contributed by atoms with Crippen molar-refractivity contribution in [2.75, 3.05) is 46.3 Å². The lowest BCUT2D eigenvalue weighted by atomic mass is 9.84. The number of halogens is 3. The molecule has 0 bridgehead atoms. The zero-order chi connectivity index (χ0) is 22.3. The Bertz CT molecular complexity index is 703. The molecular formula is C23H36F3N5. The van der Waals surface area contributed by atoms with E-state index in [0.717, 1.165) is 75.8 Å². The van der Waals surface area contributed by atoms with E-state index in [1.165, 1.54) is 31.4 Å². The number of alkyl halides is 3. The van der Waals surface area contributed by atoms with Gasteiger partial charge in [0.2, 0.25) is 0 Å². The highest BCUT2D eigenvalue weighted by Gasteiger charge is 2.39. The molecule has 0 aliphatic carbocycles. The van der Waals surface area contributed by atoms with E-state index in [1.807, 2.05) is 6.92 Å². The van der Waals surface area contributed by atoms with Gasteiger partial charge in [0, 0.05) is 18.6 Å². The second-order valence-corrected chi connectivity index (χ2v) is 8.82. The van der Waals surface area contributed by atoms with Crippen molar-refractivity contribution in [3.8, 4) is 0 Å². The van der Waals surface area contributed by atoms with Crippen LogP contribution in [0.5, 0.6) is 0 Å². The van der Waals surface area contributed by atoms with Crippen LogP contribution in [0, 0.1) is 0 Å². The molecule has 0 spiro atoms. The molecule has 2 saturated heterocycles. The molecule has 3 rings (SSSR count). The number of piperidine rings is 2. The first-order valence-electron chi connectivity index (χ1n) is 11.4. The van der Waals surface area contributed by atoms with Crippen molar-refractivity contribution in [1.29, 1.82) is 0 Å². The summed E-state index contributed by atoms with van der Waals surface area (Å²) in [6.45, 7) is 8.43. The summed E-state index contributed by atoms with van der Waals surface area (Å²) in [7, 11) is 2.18. The van der Waals surface area contributed by atoms with E-state index in [4.69, 9.17) is 0 Å². The lowest BCUT2D eigenvalue weighted by Crippen LogP contribution is -2.62. The average molecular weight is 440 g/mol. The van der Waals surface area contributed by atoms with Crippen LogP contribution >= 0.6 is 0 Å². The average Bonchev–Trinajstić information content (AvgIpc) is 2.77. The van der Waals surface area contributed by atoms with Gasteiger partial charge in [0.1, 0.15) is 0 Å². The van der Waals surface area contributed by atoms with Gasteiger partial charge in [-0.2, -0.15) is 13.2 Å². The number of guanidine groups is 1. The van der Waals surface area contributed by atoms with Gasteiger partial charge in [0.15, 0.2) is 5.96 Å². The number of benzene rings is 1. The minimum atomic E-state index is -4.31. The van der Waals surface area contributed by atoms with Crippen LogP contribution in [0.15, 0.2) is 29.3 Å². The molecule has 0 saturated carbocycles. The summed E-state index contributed by atoms with van der Waals surface area (Å²) < 4.78 is 38.3. The number of aliphatic imine (C=N–C) groups is 1. The van der Waals surface area contributed by atoms with Gasteiger partial charge in [-0.3, -0.25) is 4.90 Å². The molecule has 1 aromatic rings. The fourth-order valence-corrected chi connectivity index (χ4v) is 4.57. The second-order valence-electron chi connectivity index (χ2n) is 8.82. The maximum atomic E-state index is 12.8. The van der Waals surface area contributed by atoms with Crippen LogP contribution in [0.25, 0.3) is 0 Å². The van der Waals surface area contributed by atoms with Gasteiger partial charge < -0.3 is 15.5 Å². The Balaban J connectivity index is 1.66. The van der Waals surface area contributed by atoms with Gasteiger partial charge in [0.25, 0.3) is 0 Å². The maximum Gasteiger partial charge on any atom is 0.416 e. The lowest BCUT2D eigenvalue weighted by Gasteiger charge is -2.50. The quantitative estimate of drug-likeness (QED) is 0.524. The van der Waals surface area contributed by atoms with Crippen LogP contribution in [0.4, 0.5) is 13.2 Å². The van der Waals surface area contributed by atoms with Gasteiger partial charge in [0.05, 0.1) is 12.1 Å². The number of hydrogen-bond acceptors (Lipinski definition) is 3. The first kappa shape index (κ1) is 23.9. The van der Waals surface area contributed by atoms with Gasteiger partial charge in [-0.15, -0.1) is 0 Å². The van der Waals surface area contributed by atoms with Gasteiger partial charge in [-0.1, -0.05) is 18.6 Å². The van der Waals surface area contributed by atoms with Crippen LogP contribution in [-0.2, 0) is 12.7 Å². The predicted octanol–water partition coefficient (Wildman–Crippen LogP) is 3.71. The third kappa shape index (κ3) is 6.59. The third-order valence-corrected chi connectivity index (χ3v) is 6.57. The summed E-state index contributed by atoms with van der Waals surface area (Å²) >= 11 is 0. The summed E-state index contributed by atoms with van der Waals surface area (Å²) in [5.74, 6) is 0.720. The van der Waals surface area contributed by atoms with Crippen molar-refractivity contribution in [3.63, 3.8) is 0 Å². The van der Waals surface area contributed by atoms with E-state index in [0.29, 0.717) is 6.54 Å². The fourth-order valence-electron chi connectivity index (χ4n) is 4.57. The zero-order valence-corrected chi connectivity index (χ0v) is 18.8. The Morgan fingerprint density at radius 1 is 1.00 bits per heavy atom. The van der Waals surface area contributed by atoms with Gasteiger partial charge in [-0.05, 0) is 83.5 Å². The molecule has 1 aromatic carbocycles. The lowest BCUT2D eigenvalue weighted by molar-refractivity contribution is -0.137. The molecular weight excluding hydrogens is 403 g/mol. The summed E-state index contributed by atoms with van der Waals surface area (Å²) in [6, 6.07) is 5.24. The standard InChI is InChI=1S/C23H36F3N5/c1-3-27-21(28-17-19-7-9-20(10-8-19)23(24,25)26)29-18-22(11-15-30(2)16-12-22)31-13-5-4-6-14-31/h7-10H,3-6,11-18H2,1-2H3,(H2,27,28,29). The van der Waals surface area contributed by atoms with Gasteiger partial charge in [-0.25, -0.2) is 4.99 Å². The van der Waals surface area contributed by atoms with E-state index in [1.54, 1.807) is 0 Å². The highest BCUT2D eigenvalue weighted by Crippen LogP contribution is 2.31. The van der Waals surface area contributed by atoms with E-state index < -0.39 is 11.7 Å². The minimum Gasteiger partial charge on any atom is -0.357 e.